The number of quaternary nitrogens is 1. The molecule has 25 heavy (non-hydrogen) atoms. The lowest BCUT2D eigenvalue weighted by molar-refractivity contribution is -0.908. The third-order valence-corrected chi connectivity index (χ3v) is 5.29. The Bertz CT molecular complexity index is 699. The standard InChI is InChI=1S/C19H23FN2O2S/c1-14-6-7-15(10-18(14)20)21-19(23)13-22(11-16-4-2-8-24-16)12-17-5-3-9-25-17/h3,5-7,9-10,16H,2,4,8,11-13H2,1H3,(H,21,23)/p+1/t16-/m1/s1. The minimum atomic E-state index is -0.306. The molecule has 1 aromatic heterocycles. The molecule has 1 fully saturated rings. The molecule has 2 atom stereocenters. The molecular formula is C19H24FN2O2S+. The second kappa shape index (κ2) is 8.56. The molecule has 2 heterocycles. The number of ether oxygens (including phenoxy) is 1. The van der Waals surface area contributed by atoms with Crippen LogP contribution in [0.3, 0.4) is 0 Å². The molecule has 1 amide bonds. The van der Waals surface area contributed by atoms with Crippen molar-refractivity contribution in [2.75, 3.05) is 25.0 Å². The van der Waals surface area contributed by atoms with Gasteiger partial charge in [-0.1, -0.05) is 12.1 Å². The number of aryl methyl sites for hydroxylation is 1. The lowest BCUT2D eigenvalue weighted by Crippen LogP contribution is -3.12. The van der Waals surface area contributed by atoms with Crippen molar-refractivity contribution in [2.24, 2.45) is 0 Å². The molecule has 0 radical (unpaired) electrons. The highest BCUT2D eigenvalue weighted by molar-refractivity contribution is 7.09. The lowest BCUT2D eigenvalue weighted by atomic mass is 10.2. The first-order chi connectivity index (χ1) is 12.1. The van der Waals surface area contributed by atoms with Gasteiger partial charge in [-0.15, -0.1) is 11.3 Å². The Balaban J connectivity index is 1.61. The van der Waals surface area contributed by atoms with E-state index in [0.717, 1.165) is 32.5 Å². The molecule has 1 aromatic carbocycles. The summed E-state index contributed by atoms with van der Waals surface area (Å²) in [6.45, 7) is 4.47. The van der Waals surface area contributed by atoms with Crippen molar-refractivity contribution >= 4 is 22.9 Å². The zero-order valence-corrected chi connectivity index (χ0v) is 15.2. The summed E-state index contributed by atoms with van der Waals surface area (Å²) in [5.41, 5.74) is 1.07. The van der Waals surface area contributed by atoms with E-state index in [9.17, 15) is 9.18 Å². The third kappa shape index (κ3) is 5.36. The number of nitrogens with one attached hydrogen (secondary N) is 2. The largest absolute Gasteiger partial charge is 0.372 e. The van der Waals surface area contributed by atoms with Gasteiger partial charge in [-0.05, 0) is 48.9 Å². The van der Waals surface area contributed by atoms with Crippen LogP contribution in [0.4, 0.5) is 10.1 Å². The number of anilines is 1. The highest BCUT2D eigenvalue weighted by Gasteiger charge is 2.24. The molecular weight excluding hydrogens is 339 g/mol. The Morgan fingerprint density at radius 3 is 3.00 bits per heavy atom. The monoisotopic (exact) mass is 363 g/mol. The van der Waals surface area contributed by atoms with E-state index in [1.165, 1.54) is 15.8 Å². The summed E-state index contributed by atoms with van der Waals surface area (Å²) in [4.78, 5) is 14.8. The number of halogens is 1. The first kappa shape index (κ1) is 18.0. The number of rotatable bonds is 7. The maximum Gasteiger partial charge on any atom is 0.279 e. The van der Waals surface area contributed by atoms with Crippen molar-refractivity contribution < 1.29 is 18.8 Å². The van der Waals surface area contributed by atoms with Crippen LogP contribution >= 0.6 is 11.3 Å². The Morgan fingerprint density at radius 2 is 2.32 bits per heavy atom. The molecule has 0 saturated carbocycles. The molecule has 0 aliphatic carbocycles. The van der Waals surface area contributed by atoms with Crippen LogP contribution in [0.1, 0.15) is 23.3 Å². The first-order valence-corrected chi connectivity index (χ1v) is 9.51. The van der Waals surface area contributed by atoms with Gasteiger partial charge in [0.15, 0.2) is 6.54 Å². The lowest BCUT2D eigenvalue weighted by Gasteiger charge is -2.21. The minimum absolute atomic E-state index is 0.104. The van der Waals surface area contributed by atoms with Crippen LogP contribution in [0.25, 0.3) is 0 Å². The predicted molar refractivity (Wildman–Crippen MR) is 97.5 cm³/mol. The van der Waals surface area contributed by atoms with E-state index in [1.807, 2.05) is 11.4 Å². The molecule has 2 aromatic rings. The van der Waals surface area contributed by atoms with Gasteiger partial charge in [-0.2, -0.15) is 0 Å². The second-order valence-corrected chi connectivity index (χ2v) is 7.57. The fourth-order valence-corrected chi connectivity index (χ4v) is 3.87. The Morgan fingerprint density at radius 1 is 1.44 bits per heavy atom. The summed E-state index contributed by atoms with van der Waals surface area (Å²) in [5, 5.41) is 4.86. The first-order valence-electron chi connectivity index (χ1n) is 8.63. The molecule has 3 rings (SSSR count). The van der Waals surface area contributed by atoms with Crippen LogP contribution in [0.2, 0.25) is 0 Å². The van der Waals surface area contributed by atoms with Gasteiger partial charge in [-0.3, -0.25) is 4.79 Å². The summed E-state index contributed by atoms with van der Waals surface area (Å²) in [5.74, 6) is -0.409. The normalized spacial score (nSPS) is 18.2. The van der Waals surface area contributed by atoms with E-state index in [0.29, 0.717) is 17.8 Å². The van der Waals surface area contributed by atoms with Crippen molar-refractivity contribution in [3.05, 3.63) is 52.0 Å². The van der Waals surface area contributed by atoms with E-state index in [-0.39, 0.29) is 17.8 Å². The number of amides is 1. The van der Waals surface area contributed by atoms with E-state index < -0.39 is 0 Å². The van der Waals surface area contributed by atoms with Crippen LogP contribution < -0.4 is 10.2 Å². The summed E-state index contributed by atoms with van der Waals surface area (Å²) >= 11 is 1.70. The van der Waals surface area contributed by atoms with E-state index >= 15 is 0 Å². The van der Waals surface area contributed by atoms with Gasteiger partial charge in [-0.25, -0.2) is 4.39 Å². The fraction of sp³-hybridized carbons (Fsp3) is 0.421. The molecule has 134 valence electrons. The predicted octanol–water partition coefficient (Wildman–Crippen LogP) is 2.40. The number of thiophene rings is 1. The zero-order chi connectivity index (χ0) is 17.6. The molecule has 0 bridgehead atoms. The molecule has 1 aliphatic rings. The van der Waals surface area contributed by atoms with Crippen molar-refractivity contribution in [2.45, 2.75) is 32.4 Å². The molecule has 0 spiro atoms. The molecule has 6 heteroatoms. The highest BCUT2D eigenvalue weighted by atomic mass is 32.1. The number of hydrogen-bond donors (Lipinski definition) is 2. The minimum Gasteiger partial charge on any atom is -0.372 e. The number of carbonyl (C=O) groups is 1. The van der Waals surface area contributed by atoms with E-state index in [4.69, 9.17) is 4.74 Å². The Labute approximate surface area is 151 Å². The average Bonchev–Trinajstić information content (AvgIpc) is 3.25. The van der Waals surface area contributed by atoms with E-state index in [2.05, 4.69) is 11.4 Å². The van der Waals surface area contributed by atoms with Gasteiger partial charge >= 0.3 is 0 Å². The second-order valence-electron chi connectivity index (χ2n) is 6.53. The molecule has 2 N–H and O–H groups in total. The quantitative estimate of drug-likeness (QED) is 0.793. The van der Waals surface area contributed by atoms with Crippen molar-refractivity contribution in [3.8, 4) is 0 Å². The van der Waals surface area contributed by atoms with Gasteiger partial charge in [0, 0.05) is 12.3 Å². The molecule has 1 aliphatic heterocycles. The molecule has 1 saturated heterocycles. The van der Waals surface area contributed by atoms with E-state index in [1.54, 1.807) is 30.4 Å². The van der Waals surface area contributed by atoms with Gasteiger partial charge in [0.05, 0.1) is 4.88 Å². The topological polar surface area (TPSA) is 42.8 Å². The Hall–Kier alpha value is -1.76. The van der Waals surface area contributed by atoms with Crippen LogP contribution in [0.15, 0.2) is 35.7 Å². The van der Waals surface area contributed by atoms with Crippen LogP contribution in [0, 0.1) is 12.7 Å². The van der Waals surface area contributed by atoms with Gasteiger partial charge in [0.25, 0.3) is 5.91 Å². The number of benzene rings is 1. The van der Waals surface area contributed by atoms with Gasteiger partial charge in [0.2, 0.25) is 0 Å². The van der Waals surface area contributed by atoms with Crippen LogP contribution in [-0.4, -0.2) is 31.7 Å². The summed E-state index contributed by atoms with van der Waals surface area (Å²) in [7, 11) is 0. The summed E-state index contributed by atoms with van der Waals surface area (Å²) < 4.78 is 19.4. The van der Waals surface area contributed by atoms with Crippen molar-refractivity contribution in [3.63, 3.8) is 0 Å². The average molecular weight is 363 g/mol. The number of carbonyl (C=O) groups excluding carboxylic acids is 1. The molecule has 1 unspecified atom stereocenters. The van der Waals surface area contributed by atoms with Crippen molar-refractivity contribution in [1.82, 2.24) is 0 Å². The smallest absolute Gasteiger partial charge is 0.279 e. The number of hydrogen-bond acceptors (Lipinski definition) is 3. The van der Waals surface area contributed by atoms with Gasteiger partial charge in [0.1, 0.15) is 25.0 Å². The maximum absolute atomic E-state index is 13.6. The summed E-state index contributed by atoms with van der Waals surface area (Å²) in [6, 6.07) is 8.89. The molecule has 4 nitrogen and oxygen atoms in total. The van der Waals surface area contributed by atoms with Gasteiger partial charge < -0.3 is 15.0 Å². The SMILES string of the molecule is Cc1ccc(NC(=O)C[NH+](Cc2cccs2)C[C@H]2CCCO2)cc1F. The van der Waals surface area contributed by atoms with Crippen molar-refractivity contribution in [1.29, 1.82) is 0 Å². The highest BCUT2D eigenvalue weighted by Crippen LogP contribution is 2.13. The van der Waals surface area contributed by atoms with Crippen LogP contribution in [-0.2, 0) is 16.1 Å². The maximum atomic E-state index is 13.6. The third-order valence-electron chi connectivity index (χ3n) is 4.41. The van der Waals surface area contributed by atoms with Crippen LogP contribution in [0.5, 0.6) is 0 Å². The Kier molecular flexibility index (Phi) is 6.18. The fourth-order valence-electron chi connectivity index (χ4n) is 3.10. The zero-order valence-electron chi connectivity index (χ0n) is 14.4. The summed E-state index contributed by atoms with van der Waals surface area (Å²) in [6.07, 6.45) is 2.37.